The van der Waals surface area contributed by atoms with Crippen LogP contribution in [0.15, 0.2) is 4.99 Å². The molecule has 0 bridgehead atoms. The van der Waals surface area contributed by atoms with Gasteiger partial charge in [0.2, 0.25) is 0 Å². The van der Waals surface area contributed by atoms with Crippen molar-refractivity contribution in [3.05, 3.63) is 0 Å². The Labute approximate surface area is 134 Å². The predicted octanol–water partition coefficient (Wildman–Crippen LogP) is 1.21. The number of rotatable bonds is 12. The lowest BCUT2D eigenvalue weighted by Crippen LogP contribution is -2.52. The van der Waals surface area contributed by atoms with E-state index in [2.05, 4.69) is 43.5 Å². The van der Waals surface area contributed by atoms with Crippen molar-refractivity contribution in [1.29, 1.82) is 0 Å². The van der Waals surface area contributed by atoms with Crippen LogP contribution in [0.3, 0.4) is 0 Å². The van der Waals surface area contributed by atoms with Crippen molar-refractivity contribution in [2.75, 3.05) is 26.3 Å². The van der Waals surface area contributed by atoms with Gasteiger partial charge in [-0.05, 0) is 53.1 Å². The molecular formula is C15H32N3O2S+. The fourth-order valence-electron chi connectivity index (χ4n) is 1.97. The Bertz CT molecular complexity index is 311. The molecule has 5 nitrogen and oxygen atoms in total. The fourth-order valence-corrected chi connectivity index (χ4v) is 2.15. The van der Waals surface area contributed by atoms with Gasteiger partial charge in [0.15, 0.2) is 5.05 Å². The summed E-state index contributed by atoms with van der Waals surface area (Å²) in [6.07, 6.45) is 1.83. The lowest BCUT2D eigenvalue weighted by Gasteiger charge is -2.30. The Hall–Kier alpha value is -0.560. The molecule has 124 valence electrons. The molecule has 0 heterocycles. The van der Waals surface area contributed by atoms with E-state index in [0.717, 1.165) is 25.9 Å². The van der Waals surface area contributed by atoms with Gasteiger partial charge in [0.1, 0.15) is 13.2 Å². The molecule has 0 aliphatic rings. The Morgan fingerprint density at radius 2 is 2.10 bits per heavy atom. The maximum atomic E-state index is 5.78. The first-order chi connectivity index (χ1) is 9.80. The average molecular weight is 319 g/mol. The van der Waals surface area contributed by atoms with Crippen molar-refractivity contribution in [2.24, 2.45) is 4.99 Å². The summed E-state index contributed by atoms with van der Waals surface area (Å²) in [4.78, 5) is 3.93. The number of thiocarbonyl (C=S) groups is 1. The molecule has 2 atom stereocenters. The molecule has 0 aliphatic carbocycles. The van der Waals surface area contributed by atoms with Gasteiger partial charge in [-0.25, -0.2) is 0 Å². The SMILES string of the molecule is C=NC(C)COC(C)CC(C)(C)NCCC(=S)OCC[NH3+]. The minimum absolute atomic E-state index is 0.00775. The zero-order chi connectivity index (χ0) is 16.3. The van der Waals surface area contributed by atoms with E-state index in [9.17, 15) is 0 Å². The molecular weight excluding hydrogens is 286 g/mol. The zero-order valence-corrected chi connectivity index (χ0v) is 14.8. The highest BCUT2D eigenvalue weighted by Gasteiger charge is 2.21. The van der Waals surface area contributed by atoms with Crippen LogP contribution in [0.4, 0.5) is 0 Å². The smallest absolute Gasteiger partial charge is 0.161 e. The molecule has 0 aromatic carbocycles. The summed E-state index contributed by atoms with van der Waals surface area (Å²) in [6, 6.07) is 0.145. The van der Waals surface area contributed by atoms with Crippen LogP contribution in [0.5, 0.6) is 0 Å². The number of hydrogen-bond donors (Lipinski definition) is 2. The van der Waals surface area contributed by atoms with Gasteiger partial charge in [0.05, 0.1) is 18.8 Å². The van der Waals surface area contributed by atoms with E-state index >= 15 is 0 Å². The standard InChI is InChI=1S/C15H31N3O2S/c1-12(17-5)11-20-13(2)10-15(3,4)18-8-6-14(21)19-9-7-16/h12-13,18H,5-11,16H2,1-4H3/p+1. The molecule has 0 saturated heterocycles. The van der Waals surface area contributed by atoms with Gasteiger partial charge in [-0.15, -0.1) is 0 Å². The highest BCUT2D eigenvalue weighted by Crippen LogP contribution is 2.14. The summed E-state index contributed by atoms with van der Waals surface area (Å²) < 4.78 is 11.1. The van der Waals surface area contributed by atoms with Gasteiger partial charge in [0, 0.05) is 18.5 Å². The lowest BCUT2D eigenvalue weighted by atomic mass is 9.97. The first kappa shape index (κ1) is 20.4. The molecule has 2 unspecified atom stereocenters. The van der Waals surface area contributed by atoms with E-state index in [1.165, 1.54) is 0 Å². The largest absolute Gasteiger partial charge is 0.481 e. The Balaban J connectivity index is 3.90. The van der Waals surface area contributed by atoms with Crippen LogP contribution in [0.25, 0.3) is 0 Å². The van der Waals surface area contributed by atoms with Gasteiger partial charge in [0.25, 0.3) is 0 Å². The van der Waals surface area contributed by atoms with Crippen molar-refractivity contribution in [3.8, 4) is 0 Å². The van der Waals surface area contributed by atoms with Gasteiger partial charge in [-0.3, -0.25) is 4.99 Å². The second kappa shape index (κ2) is 11.1. The van der Waals surface area contributed by atoms with Gasteiger partial charge in [-0.2, -0.15) is 0 Å². The van der Waals surface area contributed by atoms with Crippen molar-refractivity contribution < 1.29 is 15.2 Å². The zero-order valence-electron chi connectivity index (χ0n) is 14.0. The monoisotopic (exact) mass is 318 g/mol. The second-order valence-corrected chi connectivity index (χ2v) is 6.47. The summed E-state index contributed by atoms with van der Waals surface area (Å²) >= 11 is 5.15. The van der Waals surface area contributed by atoms with Crippen LogP contribution in [0, 0.1) is 0 Å². The van der Waals surface area contributed by atoms with E-state index in [-0.39, 0.29) is 17.7 Å². The molecule has 0 amide bonds. The third-order valence-electron chi connectivity index (χ3n) is 3.07. The second-order valence-electron chi connectivity index (χ2n) is 6.01. The molecule has 0 radical (unpaired) electrons. The number of aliphatic imine (C=N–C) groups is 1. The van der Waals surface area contributed by atoms with Crippen molar-refractivity contribution in [2.45, 2.75) is 58.2 Å². The molecule has 0 aliphatic heterocycles. The third kappa shape index (κ3) is 11.7. The molecule has 0 spiro atoms. The van der Waals surface area contributed by atoms with Gasteiger partial charge >= 0.3 is 0 Å². The fraction of sp³-hybridized carbons (Fsp3) is 0.867. The topological polar surface area (TPSA) is 70.5 Å². The first-order valence-electron chi connectivity index (χ1n) is 7.58. The summed E-state index contributed by atoms with van der Waals surface area (Å²) in [5.74, 6) is 0. The minimum atomic E-state index is -0.00775. The summed E-state index contributed by atoms with van der Waals surface area (Å²) in [6.45, 7) is 14.7. The number of nitrogens with one attached hydrogen (secondary N) is 1. The lowest BCUT2D eigenvalue weighted by molar-refractivity contribution is -0.371. The van der Waals surface area contributed by atoms with E-state index in [4.69, 9.17) is 21.7 Å². The third-order valence-corrected chi connectivity index (χ3v) is 3.39. The van der Waals surface area contributed by atoms with E-state index in [0.29, 0.717) is 18.3 Å². The van der Waals surface area contributed by atoms with Gasteiger partial charge < -0.3 is 20.5 Å². The number of nitrogens with zero attached hydrogens (tertiary/aromatic N) is 1. The minimum Gasteiger partial charge on any atom is -0.481 e. The molecule has 4 N–H and O–H groups in total. The van der Waals surface area contributed by atoms with Gasteiger partial charge in [-0.1, -0.05) is 0 Å². The van der Waals surface area contributed by atoms with Crippen LogP contribution < -0.4 is 11.1 Å². The molecule has 0 fully saturated rings. The maximum Gasteiger partial charge on any atom is 0.161 e. The quantitative estimate of drug-likeness (QED) is 0.419. The summed E-state index contributed by atoms with van der Waals surface area (Å²) in [5, 5.41) is 4.15. The normalized spacial score (nSPS) is 14.5. The molecule has 0 rings (SSSR count). The maximum absolute atomic E-state index is 5.78. The Morgan fingerprint density at radius 3 is 2.67 bits per heavy atom. The highest BCUT2D eigenvalue weighted by molar-refractivity contribution is 7.80. The number of hydrogen-bond acceptors (Lipinski definition) is 5. The van der Waals surface area contributed by atoms with Crippen LogP contribution in [0.2, 0.25) is 0 Å². The Kier molecular flexibility index (Phi) is 10.8. The summed E-state index contributed by atoms with van der Waals surface area (Å²) in [5.41, 5.74) is 3.71. The summed E-state index contributed by atoms with van der Waals surface area (Å²) in [7, 11) is 0. The van der Waals surface area contributed by atoms with Crippen molar-refractivity contribution in [3.63, 3.8) is 0 Å². The molecule has 21 heavy (non-hydrogen) atoms. The number of ether oxygens (including phenoxy) is 2. The van der Waals surface area contributed by atoms with Crippen LogP contribution in [-0.2, 0) is 9.47 Å². The van der Waals surface area contributed by atoms with Crippen LogP contribution >= 0.6 is 12.2 Å². The first-order valence-corrected chi connectivity index (χ1v) is 7.99. The Morgan fingerprint density at radius 1 is 1.43 bits per heavy atom. The number of quaternary nitrogens is 1. The predicted molar refractivity (Wildman–Crippen MR) is 92.0 cm³/mol. The van der Waals surface area contributed by atoms with Crippen molar-refractivity contribution in [1.82, 2.24) is 5.32 Å². The molecule has 6 heteroatoms. The molecule has 0 aromatic heterocycles. The highest BCUT2D eigenvalue weighted by atomic mass is 32.1. The molecule has 0 saturated carbocycles. The van der Waals surface area contributed by atoms with Crippen LogP contribution in [-0.4, -0.2) is 55.8 Å². The van der Waals surface area contributed by atoms with E-state index < -0.39 is 0 Å². The molecule has 0 aromatic rings. The van der Waals surface area contributed by atoms with E-state index in [1.807, 2.05) is 6.92 Å². The van der Waals surface area contributed by atoms with E-state index in [1.54, 1.807) is 0 Å². The van der Waals surface area contributed by atoms with Crippen molar-refractivity contribution >= 4 is 24.0 Å². The van der Waals surface area contributed by atoms with Crippen LogP contribution in [0.1, 0.15) is 40.5 Å². The average Bonchev–Trinajstić information content (AvgIpc) is 2.41.